The van der Waals surface area contributed by atoms with E-state index in [9.17, 15) is 4.79 Å². The fourth-order valence-electron chi connectivity index (χ4n) is 2.13. The molecule has 0 bridgehead atoms. The van der Waals surface area contributed by atoms with Crippen LogP contribution in [0.3, 0.4) is 0 Å². The van der Waals surface area contributed by atoms with Crippen molar-refractivity contribution in [2.75, 3.05) is 11.1 Å². The Morgan fingerprint density at radius 2 is 1.86 bits per heavy atom. The van der Waals surface area contributed by atoms with Gasteiger partial charge in [-0.15, -0.1) is 11.8 Å². The predicted octanol–water partition coefficient (Wildman–Crippen LogP) is 5.58. The molecule has 0 unspecified atom stereocenters. The number of carbonyl (C=O) groups is 1. The maximum Gasteiger partial charge on any atom is 0.234 e. The first-order valence-electron chi connectivity index (χ1n) is 7.37. The molecular formula is C18H20ClNOS. The number of amides is 1. The number of hydrogen-bond acceptors (Lipinski definition) is 2. The van der Waals surface area contributed by atoms with Crippen LogP contribution < -0.4 is 5.32 Å². The van der Waals surface area contributed by atoms with Crippen LogP contribution in [0.4, 0.5) is 5.69 Å². The van der Waals surface area contributed by atoms with Gasteiger partial charge in [0, 0.05) is 15.6 Å². The number of carbonyl (C=O) groups excluding carboxylic acids is 1. The number of para-hydroxylation sites is 1. The smallest absolute Gasteiger partial charge is 0.234 e. The van der Waals surface area contributed by atoms with Crippen molar-refractivity contribution < 1.29 is 4.79 Å². The Morgan fingerprint density at radius 3 is 2.55 bits per heavy atom. The zero-order valence-corrected chi connectivity index (χ0v) is 14.4. The first-order chi connectivity index (χ1) is 10.6. The van der Waals surface area contributed by atoms with Crippen LogP contribution in [0.1, 0.15) is 31.7 Å². The SMILES string of the molecule is CC[C@H](C)c1ccccc1NC(=O)CSc1ccc(Cl)cc1. The van der Waals surface area contributed by atoms with Crippen molar-refractivity contribution in [3.63, 3.8) is 0 Å². The van der Waals surface area contributed by atoms with Gasteiger partial charge in [0.25, 0.3) is 0 Å². The maximum atomic E-state index is 12.2. The van der Waals surface area contributed by atoms with E-state index in [0.29, 0.717) is 16.7 Å². The van der Waals surface area contributed by atoms with Crippen molar-refractivity contribution >= 4 is 35.0 Å². The van der Waals surface area contributed by atoms with Gasteiger partial charge in [0.15, 0.2) is 0 Å². The minimum Gasteiger partial charge on any atom is -0.325 e. The molecule has 0 saturated carbocycles. The molecule has 0 aliphatic heterocycles. The lowest BCUT2D eigenvalue weighted by molar-refractivity contribution is -0.113. The highest BCUT2D eigenvalue weighted by atomic mass is 35.5. The first-order valence-corrected chi connectivity index (χ1v) is 8.73. The summed E-state index contributed by atoms with van der Waals surface area (Å²) in [7, 11) is 0. The third kappa shape index (κ3) is 4.79. The average Bonchev–Trinajstić information content (AvgIpc) is 2.54. The summed E-state index contributed by atoms with van der Waals surface area (Å²) in [5.41, 5.74) is 2.10. The van der Waals surface area contributed by atoms with E-state index in [1.54, 1.807) is 0 Å². The summed E-state index contributed by atoms with van der Waals surface area (Å²) in [6.45, 7) is 4.33. The fraction of sp³-hybridized carbons (Fsp3) is 0.278. The van der Waals surface area contributed by atoms with Gasteiger partial charge >= 0.3 is 0 Å². The Hall–Kier alpha value is -1.45. The van der Waals surface area contributed by atoms with E-state index in [0.717, 1.165) is 17.0 Å². The van der Waals surface area contributed by atoms with E-state index in [1.165, 1.54) is 17.3 Å². The summed E-state index contributed by atoms with van der Waals surface area (Å²) in [4.78, 5) is 13.2. The van der Waals surface area contributed by atoms with Crippen molar-refractivity contribution in [1.29, 1.82) is 0 Å². The third-order valence-corrected chi connectivity index (χ3v) is 4.83. The van der Waals surface area contributed by atoms with Crippen molar-refractivity contribution in [2.45, 2.75) is 31.1 Å². The highest BCUT2D eigenvalue weighted by Gasteiger charge is 2.11. The third-order valence-electron chi connectivity index (χ3n) is 3.56. The first kappa shape index (κ1) is 16.9. The van der Waals surface area contributed by atoms with Crippen LogP contribution in [0.5, 0.6) is 0 Å². The summed E-state index contributed by atoms with van der Waals surface area (Å²) in [5.74, 6) is 0.826. The number of halogens is 1. The van der Waals surface area contributed by atoms with Gasteiger partial charge in [0.05, 0.1) is 5.75 Å². The molecule has 2 rings (SSSR count). The van der Waals surface area contributed by atoms with Gasteiger partial charge in [-0.25, -0.2) is 0 Å². The number of thioether (sulfide) groups is 1. The summed E-state index contributed by atoms with van der Waals surface area (Å²) >= 11 is 7.36. The summed E-state index contributed by atoms with van der Waals surface area (Å²) in [5, 5.41) is 3.73. The molecule has 4 heteroatoms. The molecule has 1 N–H and O–H groups in total. The normalized spacial score (nSPS) is 12.0. The largest absolute Gasteiger partial charge is 0.325 e. The van der Waals surface area contributed by atoms with E-state index in [4.69, 9.17) is 11.6 Å². The average molecular weight is 334 g/mol. The second-order valence-electron chi connectivity index (χ2n) is 5.19. The molecule has 0 saturated heterocycles. The van der Waals surface area contributed by atoms with E-state index in [-0.39, 0.29) is 5.91 Å². The maximum absolute atomic E-state index is 12.2. The lowest BCUT2D eigenvalue weighted by atomic mass is 9.97. The molecule has 0 heterocycles. The number of rotatable bonds is 6. The molecule has 0 fully saturated rings. The standard InChI is InChI=1S/C18H20ClNOS/c1-3-13(2)16-6-4-5-7-17(16)20-18(21)12-22-15-10-8-14(19)9-11-15/h4-11,13H,3,12H2,1-2H3,(H,20,21)/t13-/m0/s1. The van der Waals surface area contributed by atoms with Crippen molar-refractivity contribution in [1.82, 2.24) is 0 Å². The molecule has 22 heavy (non-hydrogen) atoms. The molecule has 0 aliphatic rings. The van der Waals surface area contributed by atoms with Crippen molar-refractivity contribution in [2.24, 2.45) is 0 Å². The van der Waals surface area contributed by atoms with Gasteiger partial charge < -0.3 is 5.32 Å². The van der Waals surface area contributed by atoms with Crippen LogP contribution in [-0.4, -0.2) is 11.7 Å². The molecule has 0 spiro atoms. The second-order valence-corrected chi connectivity index (χ2v) is 6.67. The Bertz CT molecular complexity index is 627. The summed E-state index contributed by atoms with van der Waals surface area (Å²) < 4.78 is 0. The van der Waals surface area contributed by atoms with E-state index in [2.05, 4.69) is 25.2 Å². The monoisotopic (exact) mass is 333 g/mol. The van der Waals surface area contributed by atoms with Gasteiger partial charge in [-0.1, -0.05) is 43.6 Å². The second kappa shape index (κ2) is 8.25. The van der Waals surface area contributed by atoms with Gasteiger partial charge in [-0.2, -0.15) is 0 Å². The highest BCUT2D eigenvalue weighted by Crippen LogP contribution is 2.27. The topological polar surface area (TPSA) is 29.1 Å². The minimum atomic E-state index is 0.00991. The number of benzene rings is 2. The van der Waals surface area contributed by atoms with E-state index < -0.39 is 0 Å². The van der Waals surface area contributed by atoms with Gasteiger partial charge in [0.2, 0.25) is 5.91 Å². The Balaban J connectivity index is 1.96. The molecule has 116 valence electrons. The highest BCUT2D eigenvalue weighted by molar-refractivity contribution is 8.00. The molecule has 0 radical (unpaired) electrons. The molecule has 1 amide bonds. The Morgan fingerprint density at radius 1 is 1.18 bits per heavy atom. The van der Waals surface area contributed by atoms with Gasteiger partial charge in [-0.3, -0.25) is 4.79 Å². The van der Waals surface area contributed by atoms with Gasteiger partial charge in [0.1, 0.15) is 0 Å². The van der Waals surface area contributed by atoms with Crippen LogP contribution in [0.15, 0.2) is 53.4 Å². The fourth-order valence-corrected chi connectivity index (χ4v) is 2.95. The molecule has 1 atom stereocenters. The molecule has 2 aromatic carbocycles. The van der Waals surface area contributed by atoms with Crippen LogP contribution in [0.2, 0.25) is 5.02 Å². The Labute approximate surface area is 141 Å². The van der Waals surface area contributed by atoms with Crippen molar-refractivity contribution in [3.05, 3.63) is 59.1 Å². The lowest BCUT2D eigenvalue weighted by Crippen LogP contribution is -2.15. The van der Waals surface area contributed by atoms with Crippen LogP contribution in [0, 0.1) is 0 Å². The minimum absolute atomic E-state index is 0.00991. The molecule has 2 aromatic rings. The summed E-state index contributed by atoms with van der Waals surface area (Å²) in [6.07, 6.45) is 1.05. The summed E-state index contributed by atoms with van der Waals surface area (Å²) in [6, 6.07) is 15.5. The number of hydrogen-bond donors (Lipinski definition) is 1. The molecule has 2 nitrogen and oxygen atoms in total. The van der Waals surface area contributed by atoms with E-state index in [1.807, 2.05) is 42.5 Å². The number of nitrogens with one attached hydrogen (secondary N) is 1. The van der Waals surface area contributed by atoms with Crippen LogP contribution in [-0.2, 0) is 4.79 Å². The molecule has 0 aromatic heterocycles. The number of anilines is 1. The Kier molecular flexibility index (Phi) is 6.34. The van der Waals surface area contributed by atoms with Crippen molar-refractivity contribution in [3.8, 4) is 0 Å². The predicted molar refractivity (Wildman–Crippen MR) is 96.0 cm³/mol. The lowest BCUT2D eigenvalue weighted by Gasteiger charge is -2.15. The zero-order valence-electron chi connectivity index (χ0n) is 12.8. The molecule has 0 aliphatic carbocycles. The molecular weight excluding hydrogens is 314 g/mol. The van der Waals surface area contributed by atoms with Crippen LogP contribution >= 0.6 is 23.4 Å². The van der Waals surface area contributed by atoms with Gasteiger partial charge in [-0.05, 0) is 48.2 Å². The quantitative estimate of drug-likeness (QED) is 0.699. The van der Waals surface area contributed by atoms with Crippen LogP contribution in [0.25, 0.3) is 0 Å². The van der Waals surface area contributed by atoms with E-state index >= 15 is 0 Å². The zero-order chi connectivity index (χ0) is 15.9.